The number of aliphatic hydroxyl groups is 1. The topological polar surface area (TPSA) is 47.9 Å². The Kier molecular flexibility index (Phi) is 3.77. The van der Waals surface area contributed by atoms with Gasteiger partial charge in [-0.05, 0) is 12.1 Å². The van der Waals surface area contributed by atoms with E-state index >= 15 is 0 Å². The van der Waals surface area contributed by atoms with E-state index in [0.717, 1.165) is 11.3 Å². The maximum Gasteiger partial charge on any atom is 0.183 e. The normalized spacial score (nSPS) is 25.4. The molecule has 1 aromatic carbocycles. The molecule has 0 aliphatic carbocycles. The average Bonchev–Trinajstić information content (AvgIpc) is 2.39. The molecule has 1 aliphatic rings. The van der Waals surface area contributed by atoms with Crippen LogP contribution in [0.1, 0.15) is 11.9 Å². The van der Waals surface area contributed by atoms with Gasteiger partial charge in [-0.3, -0.25) is 0 Å². The smallest absolute Gasteiger partial charge is 0.183 e. The first-order valence-electron chi connectivity index (χ1n) is 5.31. The van der Waals surface area contributed by atoms with Gasteiger partial charge in [-0.1, -0.05) is 12.1 Å². The molecule has 4 heteroatoms. The number of methoxy groups -OCH3 is 1. The van der Waals surface area contributed by atoms with Crippen LogP contribution >= 0.6 is 0 Å². The van der Waals surface area contributed by atoms with Gasteiger partial charge in [-0.2, -0.15) is 0 Å². The Balaban J connectivity index is 1.97. The Labute approximate surface area is 94.8 Å². The van der Waals surface area contributed by atoms with Gasteiger partial charge in [-0.25, -0.2) is 0 Å². The molecule has 0 radical (unpaired) electrons. The maximum absolute atomic E-state index is 8.94. The molecule has 0 spiro atoms. The van der Waals surface area contributed by atoms with E-state index in [1.54, 1.807) is 7.11 Å². The number of hydrogen-bond acceptors (Lipinski definition) is 4. The second kappa shape index (κ2) is 5.30. The summed E-state index contributed by atoms with van der Waals surface area (Å²) >= 11 is 0. The van der Waals surface area contributed by atoms with Crippen molar-refractivity contribution in [3.05, 3.63) is 29.8 Å². The lowest BCUT2D eigenvalue weighted by Gasteiger charge is -2.28. The van der Waals surface area contributed by atoms with Gasteiger partial charge in [0.1, 0.15) is 5.75 Å². The highest BCUT2D eigenvalue weighted by Gasteiger charge is 2.22. The van der Waals surface area contributed by atoms with E-state index in [9.17, 15) is 0 Å². The maximum atomic E-state index is 8.94. The van der Waals surface area contributed by atoms with Gasteiger partial charge < -0.3 is 19.3 Å². The Bertz CT molecular complexity index is 314. The summed E-state index contributed by atoms with van der Waals surface area (Å²) in [6, 6.07) is 7.59. The Hall–Kier alpha value is -1.10. The molecule has 0 amide bonds. The van der Waals surface area contributed by atoms with Crippen LogP contribution in [-0.2, 0) is 9.47 Å². The first-order chi connectivity index (χ1) is 7.83. The molecule has 0 saturated carbocycles. The standard InChI is InChI=1S/C12H16O4/c1-14-11-4-2-10(3-5-11)12-15-7-9(6-13)8-16-12/h2-5,9,12-13H,6-8H2,1H3. The molecule has 1 fully saturated rings. The summed E-state index contributed by atoms with van der Waals surface area (Å²) < 4.78 is 16.1. The van der Waals surface area contributed by atoms with Crippen LogP contribution in [-0.4, -0.2) is 32.0 Å². The quantitative estimate of drug-likeness (QED) is 0.842. The third-order valence-corrected chi connectivity index (χ3v) is 2.61. The van der Waals surface area contributed by atoms with Gasteiger partial charge in [0, 0.05) is 11.5 Å². The molecule has 88 valence electrons. The predicted molar refractivity (Wildman–Crippen MR) is 58.2 cm³/mol. The predicted octanol–water partition coefficient (Wildman–Crippen LogP) is 1.35. The lowest BCUT2D eigenvalue weighted by molar-refractivity contribution is -0.209. The summed E-state index contributed by atoms with van der Waals surface area (Å²) in [6.07, 6.45) is -0.325. The summed E-state index contributed by atoms with van der Waals surface area (Å²) in [6.45, 7) is 1.18. The lowest BCUT2D eigenvalue weighted by Crippen LogP contribution is -2.29. The molecule has 4 nitrogen and oxygen atoms in total. The molecule has 2 rings (SSSR count). The first kappa shape index (κ1) is 11.4. The van der Waals surface area contributed by atoms with E-state index in [4.69, 9.17) is 19.3 Å². The lowest BCUT2D eigenvalue weighted by atomic mass is 10.1. The molecule has 1 saturated heterocycles. The van der Waals surface area contributed by atoms with Crippen molar-refractivity contribution in [1.29, 1.82) is 0 Å². The second-order valence-corrected chi connectivity index (χ2v) is 3.82. The number of ether oxygens (including phenoxy) is 3. The largest absolute Gasteiger partial charge is 0.497 e. The van der Waals surface area contributed by atoms with Gasteiger partial charge in [-0.15, -0.1) is 0 Å². The highest BCUT2D eigenvalue weighted by atomic mass is 16.7. The molecular weight excluding hydrogens is 208 g/mol. The molecule has 1 aromatic rings. The van der Waals surface area contributed by atoms with Crippen LogP contribution in [0.3, 0.4) is 0 Å². The molecule has 0 aromatic heterocycles. The average molecular weight is 224 g/mol. The van der Waals surface area contributed by atoms with Crippen LogP contribution in [0.25, 0.3) is 0 Å². The third-order valence-electron chi connectivity index (χ3n) is 2.61. The summed E-state index contributed by atoms with van der Waals surface area (Å²) in [5.41, 5.74) is 0.970. The van der Waals surface area contributed by atoms with E-state index in [0.29, 0.717) is 13.2 Å². The van der Waals surface area contributed by atoms with Crippen LogP contribution in [0, 0.1) is 5.92 Å². The van der Waals surface area contributed by atoms with Crippen LogP contribution in [0.5, 0.6) is 5.75 Å². The minimum Gasteiger partial charge on any atom is -0.497 e. The fourth-order valence-corrected chi connectivity index (χ4v) is 1.60. The van der Waals surface area contributed by atoms with Crippen LogP contribution in [0.2, 0.25) is 0 Å². The van der Waals surface area contributed by atoms with Crippen molar-refractivity contribution in [3.8, 4) is 5.75 Å². The van der Waals surface area contributed by atoms with Gasteiger partial charge in [0.15, 0.2) is 6.29 Å². The minimum atomic E-state index is -0.325. The number of benzene rings is 1. The number of aliphatic hydroxyl groups excluding tert-OH is 1. The van der Waals surface area contributed by atoms with Crippen molar-refractivity contribution in [2.45, 2.75) is 6.29 Å². The SMILES string of the molecule is COc1ccc(C2OCC(CO)CO2)cc1. The number of hydrogen-bond donors (Lipinski definition) is 1. The van der Waals surface area contributed by atoms with Crippen LogP contribution in [0.4, 0.5) is 0 Å². The van der Waals surface area contributed by atoms with Gasteiger partial charge in [0.25, 0.3) is 0 Å². The van der Waals surface area contributed by atoms with E-state index in [2.05, 4.69) is 0 Å². The summed E-state index contributed by atoms with van der Waals surface area (Å²) in [5, 5.41) is 8.94. The van der Waals surface area contributed by atoms with E-state index in [1.165, 1.54) is 0 Å². The van der Waals surface area contributed by atoms with Gasteiger partial charge in [0.05, 0.1) is 26.9 Å². The Morgan fingerprint density at radius 2 is 1.88 bits per heavy atom. The third kappa shape index (κ3) is 2.52. The zero-order valence-corrected chi connectivity index (χ0v) is 9.26. The van der Waals surface area contributed by atoms with Crippen molar-refractivity contribution in [2.75, 3.05) is 26.9 Å². The van der Waals surface area contributed by atoms with Crippen molar-refractivity contribution in [3.63, 3.8) is 0 Å². The summed E-state index contributed by atoms with van der Waals surface area (Å²) in [4.78, 5) is 0. The van der Waals surface area contributed by atoms with Gasteiger partial charge >= 0.3 is 0 Å². The number of rotatable bonds is 3. The molecule has 1 N–H and O–H groups in total. The highest BCUT2D eigenvalue weighted by molar-refractivity contribution is 5.27. The van der Waals surface area contributed by atoms with Crippen molar-refractivity contribution in [2.24, 2.45) is 5.92 Å². The summed E-state index contributed by atoms with van der Waals surface area (Å²) in [5.74, 6) is 0.905. The van der Waals surface area contributed by atoms with Crippen molar-refractivity contribution in [1.82, 2.24) is 0 Å². The molecule has 1 heterocycles. The monoisotopic (exact) mass is 224 g/mol. The highest BCUT2D eigenvalue weighted by Crippen LogP contribution is 2.26. The molecule has 0 atom stereocenters. The van der Waals surface area contributed by atoms with Crippen LogP contribution in [0.15, 0.2) is 24.3 Å². The Morgan fingerprint density at radius 3 is 2.38 bits per heavy atom. The molecular formula is C12H16O4. The van der Waals surface area contributed by atoms with E-state index in [1.807, 2.05) is 24.3 Å². The molecule has 1 aliphatic heterocycles. The summed E-state index contributed by atoms with van der Waals surface area (Å²) in [7, 11) is 1.63. The van der Waals surface area contributed by atoms with E-state index < -0.39 is 0 Å². The zero-order chi connectivity index (χ0) is 11.4. The minimum absolute atomic E-state index is 0.0921. The fourth-order valence-electron chi connectivity index (χ4n) is 1.60. The molecule has 16 heavy (non-hydrogen) atoms. The fraction of sp³-hybridized carbons (Fsp3) is 0.500. The van der Waals surface area contributed by atoms with Gasteiger partial charge in [0.2, 0.25) is 0 Å². The molecule has 0 bridgehead atoms. The molecule has 0 unspecified atom stereocenters. The van der Waals surface area contributed by atoms with Crippen molar-refractivity contribution < 1.29 is 19.3 Å². The zero-order valence-electron chi connectivity index (χ0n) is 9.26. The first-order valence-corrected chi connectivity index (χ1v) is 5.31. The Morgan fingerprint density at radius 1 is 1.25 bits per heavy atom. The second-order valence-electron chi connectivity index (χ2n) is 3.82. The van der Waals surface area contributed by atoms with E-state index in [-0.39, 0.29) is 18.8 Å². The van der Waals surface area contributed by atoms with Crippen molar-refractivity contribution >= 4 is 0 Å². The van der Waals surface area contributed by atoms with Crippen LogP contribution < -0.4 is 4.74 Å².